The molecule has 0 bridgehead atoms. The van der Waals surface area contributed by atoms with Crippen LogP contribution in [-0.2, 0) is 4.43 Å². The lowest BCUT2D eigenvalue weighted by Gasteiger charge is -2.41. The molecule has 1 aliphatic heterocycles. The molecule has 1 N–H and O–H groups in total. The van der Waals surface area contributed by atoms with Crippen molar-refractivity contribution in [1.29, 1.82) is 0 Å². The summed E-state index contributed by atoms with van der Waals surface area (Å²) < 4.78 is 17.0. The molecule has 25 heavy (non-hydrogen) atoms. The van der Waals surface area contributed by atoms with Crippen LogP contribution in [0.15, 0.2) is 30.5 Å². The highest BCUT2D eigenvalue weighted by atomic mass is 28.4. The number of hydrogen-bond acceptors (Lipinski definition) is 4. The molecule has 0 spiro atoms. The molecule has 1 heterocycles. The number of rotatable bonds is 8. The van der Waals surface area contributed by atoms with E-state index in [9.17, 15) is 5.11 Å². The second-order valence-electron chi connectivity index (χ2n) is 7.67. The van der Waals surface area contributed by atoms with Gasteiger partial charge in [-0.25, -0.2) is 0 Å². The van der Waals surface area contributed by atoms with Crippen LogP contribution in [-0.4, -0.2) is 20.2 Å². The summed E-state index contributed by atoms with van der Waals surface area (Å²) in [6.07, 6.45) is 3.69. The van der Waals surface area contributed by atoms with Crippen LogP contribution in [0.5, 0.6) is 11.5 Å². The zero-order chi connectivity index (χ0) is 18.6. The number of fused-ring (bicyclic) bond motifs is 1. The van der Waals surface area contributed by atoms with E-state index in [1.807, 2.05) is 30.5 Å². The van der Waals surface area contributed by atoms with E-state index in [4.69, 9.17) is 13.9 Å². The van der Waals surface area contributed by atoms with E-state index in [1.165, 1.54) is 0 Å². The highest BCUT2D eigenvalue weighted by molar-refractivity contribution is 6.77. The van der Waals surface area contributed by atoms with Crippen molar-refractivity contribution in [2.75, 3.05) is 6.79 Å². The van der Waals surface area contributed by atoms with Crippen molar-refractivity contribution in [3.8, 4) is 11.5 Å². The standard InChI is InChI=1S/C20H32O4Si/c1-14(2)25(15(3)4,16(5)6)24-11-7-8-18(21)17-9-10-19-20(12-17)23-13-22-19/h7,9-12,14-16,18,21H,8,13H2,1-6H3/b11-7-/t18-/m0/s1. The van der Waals surface area contributed by atoms with Crippen LogP contribution in [0.1, 0.15) is 59.6 Å². The van der Waals surface area contributed by atoms with E-state index in [1.54, 1.807) is 0 Å². The van der Waals surface area contributed by atoms with Crippen molar-refractivity contribution in [3.05, 3.63) is 36.1 Å². The first-order chi connectivity index (χ1) is 11.8. The third-order valence-corrected chi connectivity index (χ3v) is 11.2. The Morgan fingerprint density at radius 1 is 1.04 bits per heavy atom. The predicted molar refractivity (Wildman–Crippen MR) is 103 cm³/mol. The smallest absolute Gasteiger partial charge is 0.257 e. The summed E-state index contributed by atoms with van der Waals surface area (Å²) in [5, 5.41) is 10.4. The number of aliphatic hydroxyl groups is 1. The van der Waals surface area contributed by atoms with Gasteiger partial charge in [-0.2, -0.15) is 0 Å². The van der Waals surface area contributed by atoms with Crippen LogP contribution in [0, 0.1) is 0 Å². The fraction of sp³-hybridized carbons (Fsp3) is 0.600. The molecule has 0 saturated heterocycles. The third-order valence-electron chi connectivity index (χ3n) is 5.22. The Morgan fingerprint density at radius 3 is 2.24 bits per heavy atom. The van der Waals surface area contributed by atoms with Gasteiger partial charge in [0.15, 0.2) is 11.5 Å². The van der Waals surface area contributed by atoms with Crippen molar-refractivity contribution >= 4 is 8.32 Å². The second-order valence-corrected chi connectivity index (χ2v) is 13.1. The highest BCUT2D eigenvalue weighted by Gasteiger charge is 2.46. The van der Waals surface area contributed by atoms with Crippen LogP contribution in [0.3, 0.4) is 0 Å². The molecule has 0 aromatic heterocycles. The molecule has 0 fully saturated rings. The zero-order valence-electron chi connectivity index (χ0n) is 16.3. The molecule has 1 aromatic rings. The molecule has 0 saturated carbocycles. The second kappa shape index (κ2) is 8.28. The summed E-state index contributed by atoms with van der Waals surface area (Å²) >= 11 is 0. The number of aliphatic hydroxyl groups excluding tert-OH is 1. The average Bonchev–Trinajstić information content (AvgIpc) is 3.01. The quantitative estimate of drug-likeness (QED) is 0.486. The fourth-order valence-corrected chi connectivity index (χ4v) is 9.16. The Bertz CT molecular complexity index is 574. The first kappa shape index (κ1) is 19.9. The molecule has 0 radical (unpaired) electrons. The van der Waals surface area contributed by atoms with Crippen LogP contribution >= 0.6 is 0 Å². The molecule has 0 unspecified atom stereocenters. The van der Waals surface area contributed by atoms with Crippen molar-refractivity contribution in [3.63, 3.8) is 0 Å². The van der Waals surface area contributed by atoms with Crippen LogP contribution < -0.4 is 9.47 Å². The molecule has 140 valence electrons. The molecule has 4 nitrogen and oxygen atoms in total. The Labute approximate surface area is 152 Å². The molecule has 0 aliphatic carbocycles. The Balaban J connectivity index is 1.99. The third kappa shape index (κ3) is 4.21. The molecule has 1 aliphatic rings. The summed E-state index contributed by atoms with van der Waals surface area (Å²) in [4.78, 5) is 0. The maximum atomic E-state index is 10.4. The van der Waals surface area contributed by atoms with E-state index < -0.39 is 14.4 Å². The molecule has 5 heteroatoms. The number of ether oxygens (including phenoxy) is 2. The number of hydrogen-bond donors (Lipinski definition) is 1. The van der Waals surface area contributed by atoms with Crippen LogP contribution in [0.2, 0.25) is 16.6 Å². The first-order valence-electron chi connectivity index (χ1n) is 9.19. The Kier molecular flexibility index (Phi) is 6.57. The minimum atomic E-state index is -1.90. The van der Waals surface area contributed by atoms with Gasteiger partial charge in [-0.3, -0.25) is 0 Å². The highest BCUT2D eigenvalue weighted by Crippen LogP contribution is 2.42. The van der Waals surface area contributed by atoms with Crippen molar-refractivity contribution < 1.29 is 19.0 Å². The van der Waals surface area contributed by atoms with Gasteiger partial charge in [-0.1, -0.05) is 47.6 Å². The Hall–Kier alpha value is -1.46. The van der Waals surface area contributed by atoms with Gasteiger partial charge in [0, 0.05) is 0 Å². The van der Waals surface area contributed by atoms with Gasteiger partial charge in [-0.05, 0) is 46.8 Å². The molecule has 0 amide bonds. The van der Waals surface area contributed by atoms with Gasteiger partial charge in [-0.15, -0.1) is 0 Å². The summed E-state index contributed by atoms with van der Waals surface area (Å²) in [6.45, 7) is 13.8. The Morgan fingerprint density at radius 2 is 1.64 bits per heavy atom. The van der Waals surface area contributed by atoms with Crippen LogP contribution in [0.25, 0.3) is 0 Å². The predicted octanol–water partition coefficient (Wildman–Crippen LogP) is 5.54. The summed E-state index contributed by atoms with van der Waals surface area (Å²) in [7, 11) is -1.90. The van der Waals surface area contributed by atoms with E-state index >= 15 is 0 Å². The number of benzene rings is 1. The molecule has 1 atom stereocenters. The molecular formula is C20H32O4Si. The average molecular weight is 365 g/mol. The first-order valence-corrected chi connectivity index (χ1v) is 11.3. The van der Waals surface area contributed by atoms with Crippen molar-refractivity contribution in [2.45, 2.75) is 70.7 Å². The molecule has 1 aromatic carbocycles. The minimum absolute atomic E-state index is 0.245. The van der Waals surface area contributed by atoms with Crippen molar-refractivity contribution in [2.24, 2.45) is 0 Å². The SMILES string of the molecule is CC(C)[Si](O/C=C\C[C@H](O)c1ccc2c(c1)OCO2)(C(C)C)C(C)C. The topological polar surface area (TPSA) is 47.9 Å². The monoisotopic (exact) mass is 364 g/mol. The maximum Gasteiger partial charge on any atom is 0.257 e. The minimum Gasteiger partial charge on any atom is -0.548 e. The van der Waals surface area contributed by atoms with E-state index in [2.05, 4.69) is 41.5 Å². The lowest BCUT2D eigenvalue weighted by Crippen LogP contribution is -2.46. The van der Waals surface area contributed by atoms with Gasteiger partial charge >= 0.3 is 0 Å². The van der Waals surface area contributed by atoms with E-state index in [0.29, 0.717) is 28.8 Å². The lowest BCUT2D eigenvalue weighted by atomic mass is 10.1. The lowest BCUT2D eigenvalue weighted by molar-refractivity contribution is 0.172. The van der Waals surface area contributed by atoms with E-state index in [-0.39, 0.29) is 6.79 Å². The zero-order valence-corrected chi connectivity index (χ0v) is 17.3. The summed E-state index contributed by atoms with van der Waals surface area (Å²) in [5.74, 6) is 1.43. The maximum absolute atomic E-state index is 10.4. The fourth-order valence-electron chi connectivity index (χ4n) is 4.02. The van der Waals surface area contributed by atoms with Gasteiger partial charge in [0.25, 0.3) is 8.32 Å². The van der Waals surface area contributed by atoms with Crippen molar-refractivity contribution in [1.82, 2.24) is 0 Å². The summed E-state index contributed by atoms with van der Waals surface area (Å²) in [6, 6.07) is 5.56. The van der Waals surface area contributed by atoms with Crippen LogP contribution in [0.4, 0.5) is 0 Å². The van der Waals surface area contributed by atoms with E-state index in [0.717, 1.165) is 11.3 Å². The molecule has 2 rings (SSSR count). The largest absolute Gasteiger partial charge is 0.548 e. The molecular weight excluding hydrogens is 332 g/mol. The normalized spacial score (nSPS) is 15.6. The van der Waals surface area contributed by atoms with Gasteiger partial charge in [0.2, 0.25) is 6.79 Å². The van der Waals surface area contributed by atoms with Gasteiger partial charge in [0.1, 0.15) is 0 Å². The van der Waals surface area contributed by atoms with Gasteiger partial charge in [0.05, 0.1) is 12.4 Å². The summed E-state index contributed by atoms with van der Waals surface area (Å²) in [5.41, 5.74) is 2.44. The van der Waals surface area contributed by atoms with Gasteiger partial charge < -0.3 is 19.0 Å².